The maximum Gasteiger partial charge on any atom is 0.418 e. The lowest BCUT2D eigenvalue weighted by Gasteiger charge is -2.23. The number of aryl methyl sites for hydroxylation is 1. The Labute approximate surface area is 197 Å². The van der Waals surface area contributed by atoms with Gasteiger partial charge in [-0.05, 0) is 54.3 Å². The number of carboxylic acid groups (broad SMARTS) is 1. The van der Waals surface area contributed by atoms with Crippen molar-refractivity contribution in [3.05, 3.63) is 58.8 Å². The van der Waals surface area contributed by atoms with E-state index in [2.05, 4.69) is 4.98 Å². The molecule has 3 aromatic rings. The monoisotopic (exact) mass is 494 g/mol. The highest BCUT2D eigenvalue weighted by atomic mass is 19.4. The molecule has 1 aliphatic heterocycles. The standard InChI is InChI=1S/C25H23F5N2O3/c26-24(27)7-8-32(13-24)21-6-1-14(9-19(21)25(28,29)30)12-35-16-3-5-20-18(11-16)17-4-2-15(10-22(33)34)23(17)31-20/h1,3,5-6,9,11,15,31H,2,4,7-8,10,12-13H2,(H,33,34). The molecule has 0 amide bonds. The van der Waals surface area contributed by atoms with Gasteiger partial charge < -0.3 is 19.7 Å². The van der Waals surface area contributed by atoms with E-state index in [0.29, 0.717) is 5.75 Å². The molecule has 35 heavy (non-hydrogen) atoms. The summed E-state index contributed by atoms with van der Waals surface area (Å²) in [6, 6.07) is 8.95. The number of carboxylic acids is 1. The van der Waals surface area contributed by atoms with Crippen molar-refractivity contribution >= 4 is 22.6 Å². The Bertz CT molecular complexity index is 1280. The van der Waals surface area contributed by atoms with Crippen molar-refractivity contribution in [3.63, 3.8) is 0 Å². The van der Waals surface area contributed by atoms with Gasteiger partial charge in [0.05, 0.1) is 18.5 Å². The molecule has 0 saturated carbocycles. The molecule has 1 atom stereocenters. The van der Waals surface area contributed by atoms with Crippen LogP contribution in [0.1, 0.15) is 47.6 Å². The molecule has 1 aromatic heterocycles. The fraction of sp³-hybridized carbons (Fsp3) is 0.400. The van der Waals surface area contributed by atoms with E-state index in [1.54, 1.807) is 18.2 Å². The van der Waals surface area contributed by atoms with Gasteiger partial charge in [0.15, 0.2) is 0 Å². The summed E-state index contributed by atoms with van der Waals surface area (Å²) >= 11 is 0. The molecule has 5 rings (SSSR count). The largest absolute Gasteiger partial charge is 0.489 e. The third kappa shape index (κ3) is 4.66. The molecular formula is C25H23F5N2O3. The fourth-order valence-corrected chi connectivity index (χ4v) is 5.12. The summed E-state index contributed by atoms with van der Waals surface area (Å²) in [5, 5.41) is 10.0. The molecule has 2 aliphatic rings. The first kappa shape index (κ1) is 23.4. The van der Waals surface area contributed by atoms with Crippen LogP contribution in [0.4, 0.5) is 27.6 Å². The molecular weight excluding hydrogens is 471 g/mol. The van der Waals surface area contributed by atoms with E-state index >= 15 is 0 Å². The minimum atomic E-state index is -4.69. The number of hydrogen-bond acceptors (Lipinski definition) is 3. The normalized spacial score (nSPS) is 19.3. The Balaban J connectivity index is 1.35. The Hall–Kier alpha value is -3.30. The molecule has 1 aliphatic carbocycles. The molecule has 1 unspecified atom stereocenters. The van der Waals surface area contributed by atoms with Crippen molar-refractivity contribution in [3.8, 4) is 5.75 Å². The lowest BCUT2D eigenvalue weighted by atomic mass is 10.0. The summed E-state index contributed by atoms with van der Waals surface area (Å²) in [7, 11) is 0. The molecule has 2 N–H and O–H groups in total. The fourth-order valence-electron chi connectivity index (χ4n) is 5.12. The third-order valence-corrected chi connectivity index (χ3v) is 6.76. The molecule has 5 nitrogen and oxygen atoms in total. The van der Waals surface area contributed by atoms with Crippen LogP contribution >= 0.6 is 0 Å². The van der Waals surface area contributed by atoms with Crippen molar-refractivity contribution in [1.29, 1.82) is 0 Å². The van der Waals surface area contributed by atoms with Gasteiger partial charge in [-0.1, -0.05) is 6.07 Å². The number of carbonyl (C=O) groups is 1. The van der Waals surface area contributed by atoms with Gasteiger partial charge in [-0.15, -0.1) is 0 Å². The first-order valence-electron chi connectivity index (χ1n) is 11.3. The summed E-state index contributed by atoms with van der Waals surface area (Å²) in [6.45, 7) is -1.00. The van der Waals surface area contributed by atoms with Crippen molar-refractivity contribution < 1.29 is 36.6 Å². The van der Waals surface area contributed by atoms with E-state index < -0.39 is 36.6 Å². The van der Waals surface area contributed by atoms with Crippen molar-refractivity contribution in [2.45, 2.75) is 50.3 Å². The van der Waals surface area contributed by atoms with Gasteiger partial charge >= 0.3 is 12.1 Å². The van der Waals surface area contributed by atoms with Crippen LogP contribution < -0.4 is 9.64 Å². The van der Waals surface area contributed by atoms with Crippen LogP contribution in [0.25, 0.3) is 10.9 Å². The number of nitrogens with zero attached hydrogens (tertiary/aromatic N) is 1. The highest BCUT2D eigenvalue weighted by Gasteiger charge is 2.42. The number of aromatic amines is 1. The van der Waals surface area contributed by atoms with Gasteiger partial charge in [-0.3, -0.25) is 4.79 Å². The predicted molar refractivity (Wildman–Crippen MR) is 119 cm³/mol. The van der Waals surface area contributed by atoms with Crippen molar-refractivity contribution in [2.75, 3.05) is 18.0 Å². The first-order chi connectivity index (χ1) is 16.5. The molecule has 10 heteroatoms. The zero-order chi connectivity index (χ0) is 25.0. The van der Waals surface area contributed by atoms with Crippen molar-refractivity contribution in [2.24, 2.45) is 0 Å². The molecule has 0 bridgehead atoms. The summed E-state index contributed by atoms with van der Waals surface area (Å²) in [5.74, 6) is -3.46. The number of ether oxygens (including phenoxy) is 1. The Kier molecular flexibility index (Phi) is 5.64. The van der Waals surface area contributed by atoms with E-state index in [0.717, 1.165) is 46.0 Å². The average Bonchev–Trinajstić information content (AvgIpc) is 3.45. The van der Waals surface area contributed by atoms with Crippen LogP contribution in [-0.2, 0) is 24.0 Å². The second kappa shape index (κ2) is 8.42. The molecule has 0 radical (unpaired) electrons. The van der Waals surface area contributed by atoms with E-state index in [-0.39, 0.29) is 36.7 Å². The minimum absolute atomic E-state index is 0.0514. The van der Waals surface area contributed by atoms with Crippen LogP contribution in [0.15, 0.2) is 36.4 Å². The quantitative estimate of drug-likeness (QED) is 0.406. The number of alkyl halides is 5. The van der Waals surface area contributed by atoms with E-state index in [1.807, 2.05) is 0 Å². The number of benzene rings is 2. The van der Waals surface area contributed by atoms with Gasteiger partial charge in [0, 0.05) is 41.2 Å². The maximum atomic E-state index is 13.7. The highest BCUT2D eigenvalue weighted by molar-refractivity contribution is 5.87. The van der Waals surface area contributed by atoms with Crippen molar-refractivity contribution in [1.82, 2.24) is 4.98 Å². The van der Waals surface area contributed by atoms with Gasteiger partial charge in [-0.25, -0.2) is 8.78 Å². The molecule has 2 aromatic carbocycles. The number of aliphatic carboxylic acids is 1. The summed E-state index contributed by atoms with van der Waals surface area (Å²) in [6.07, 6.45) is -3.64. The summed E-state index contributed by atoms with van der Waals surface area (Å²) in [5.41, 5.74) is 1.87. The number of rotatable bonds is 6. The van der Waals surface area contributed by atoms with Crippen LogP contribution in [0, 0.1) is 0 Å². The average molecular weight is 494 g/mol. The van der Waals surface area contributed by atoms with Crippen LogP contribution in [-0.4, -0.2) is 35.1 Å². The lowest BCUT2D eigenvalue weighted by Crippen LogP contribution is -2.27. The van der Waals surface area contributed by atoms with Gasteiger partial charge in [0.1, 0.15) is 12.4 Å². The van der Waals surface area contributed by atoms with E-state index in [1.165, 1.54) is 12.1 Å². The number of fused-ring (bicyclic) bond motifs is 3. The van der Waals surface area contributed by atoms with Crippen LogP contribution in [0.5, 0.6) is 5.75 Å². The Morgan fingerprint density at radius 1 is 1.20 bits per heavy atom. The zero-order valence-electron chi connectivity index (χ0n) is 18.6. The predicted octanol–water partition coefficient (Wildman–Crippen LogP) is 6.12. The number of nitrogens with one attached hydrogen (secondary N) is 1. The zero-order valence-corrected chi connectivity index (χ0v) is 18.6. The van der Waals surface area contributed by atoms with Gasteiger partial charge in [-0.2, -0.15) is 13.2 Å². The summed E-state index contributed by atoms with van der Waals surface area (Å²) in [4.78, 5) is 15.5. The topological polar surface area (TPSA) is 65.6 Å². The van der Waals surface area contributed by atoms with E-state index in [9.17, 15) is 26.7 Å². The maximum absolute atomic E-state index is 13.7. The highest BCUT2D eigenvalue weighted by Crippen LogP contribution is 2.42. The molecule has 0 spiro atoms. The third-order valence-electron chi connectivity index (χ3n) is 6.76. The summed E-state index contributed by atoms with van der Waals surface area (Å²) < 4.78 is 74.1. The lowest BCUT2D eigenvalue weighted by molar-refractivity contribution is -0.138. The number of anilines is 1. The van der Waals surface area contributed by atoms with E-state index in [4.69, 9.17) is 9.84 Å². The number of hydrogen-bond donors (Lipinski definition) is 2. The number of halogens is 5. The minimum Gasteiger partial charge on any atom is -0.489 e. The van der Waals surface area contributed by atoms with Gasteiger partial charge in [0.2, 0.25) is 0 Å². The molecule has 186 valence electrons. The first-order valence-corrected chi connectivity index (χ1v) is 11.3. The Morgan fingerprint density at radius 3 is 2.69 bits per heavy atom. The van der Waals surface area contributed by atoms with Crippen LogP contribution in [0.3, 0.4) is 0 Å². The Morgan fingerprint density at radius 2 is 2.00 bits per heavy atom. The smallest absolute Gasteiger partial charge is 0.418 e. The molecule has 2 heterocycles. The molecule has 1 saturated heterocycles. The second-order valence-corrected chi connectivity index (χ2v) is 9.22. The second-order valence-electron chi connectivity index (χ2n) is 9.22. The SMILES string of the molecule is O=C(O)CC1CCc2c1[nH]c1ccc(OCc3ccc(N4CCC(F)(F)C4)c(C(F)(F)F)c3)cc21. The van der Waals surface area contributed by atoms with Crippen LogP contribution in [0.2, 0.25) is 0 Å². The number of H-pyrrole nitrogens is 1. The molecule has 1 fully saturated rings. The number of aromatic nitrogens is 1. The van der Waals surface area contributed by atoms with Gasteiger partial charge in [0.25, 0.3) is 5.92 Å².